The number of aromatic nitrogens is 2. The molecule has 0 bridgehead atoms. The molecule has 1 fully saturated rings. The van der Waals surface area contributed by atoms with E-state index in [4.69, 9.17) is 9.47 Å². The zero-order valence-electron chi connectivity index (χ0n) is 20.5. The van der Waals surface area contributed by atoms with Crippen LogP contribution in [0, 0.1) is 5.92 Å². The van der Waals surface area contributed by atoms with Gasteiger partial charge in [0, 0.05) is 49.0 Å². The Morgan fingerprint density at radius 2 is 1.86 bits per heavy atom. The average molecular weight is 477 g/mol. The van der Waals surface area contributed by atoms with E-state index in [1.807, 2.05) is 44.2 Å². The summed E-state index contributed by atoms with van der Waals surface area (Å²) in [5.41, 5.74) is 2.70. The van der Waals surface area contributed by atoms with Gasteiger partial charge >= 0.3 is 0 Å². The van der Waals surface area contributed by atoms with Crippen LogP contribution in [0.3, 0.4) is 0 Å². The highest BCUT2D eigenvalue weighted by atomic mass is 16.5. The molecule has 0 radical (unpaired) electrons. The number of methoxy groups -OCH3 is 1. The Labute approximate surface area is 205 Å². The first kappa shape index (κ1) is 24.6. The second-order valence-electron chi connectivity index (χ2n) is 8.97. The minimum absolute atomic E-state index is 0.0614. The van der Waals surface area contributed by atoms with E-state index in [0.717, 1.165) is 35.4 Å². The summed E-state index contributed by atoms with van der Waals surface area (Å²) in [4.78, 5) is 33.4. The van der Waals surface area contributed by atoms with Crippen LogP contribution in [-0.4, -0.2) is 60.3 Å². The second kappa shape index (κ2) is 10.8. The third kappa shape index (κ3) is 5.61. The largest absolute Gasteiger partial charge is 0.497 e. The number of carbonyl (C=O) groups is 1. The average Bonchev–Trinajstić information content (AvgIpc) is 2.88. The predicted octanol–water partition coefficient (Wildman–Crippen LogP) is 3.30. The smallest absolute Gasteiger partial charge is 0.265 e. The maximum Gasteiger partial charge on any atom is 0.265 e. The molecule has 0 atom stereocenters. The molecule has 4 rings (SSSR count). The zero-order valence-corrected chi connectivity index (χ0v) is 20.5. The van der Waals surface area contributed by atoms with Crippen molar-refractivity contribution >= 4 is 16.9 Å². The van der Waals surface area contributed by atoms with Gasteiger partial charge in [0.15, 0.2) is 0 Å². The Balaban J connectivity index is 1.75. The summed E-state index contributed by atoms with van der Waals surface area (Å²) < 4.78 is 12.3. The number of benzene rings is 1. The van der Waals surface area contributed by atoms with Gasteiger partial charge in [-0.25, -0.2) is 4.98 Å². The van der Waals surface area contributed by atoms with Gasteiger partial charge in [0.2, 0.25) is 0 Å². The summed E-state index contributed by atoms with van der Waals surface area (Å²) in [6.07, 6.45) is 1.76. The molecule has 184 valence electrons. The summed E-state index contributed by atoms with van der Waals surface area (Å²) >= 11 is 0. The van der Waals surface area contributed by atoms with Gasteiger partial charge in [0.05, 0.1) is 20.3 Å². The topological polar surface area (TPSA) is 85.7 Å². The van der Waals surface area contributed by atoms with Crippen LogP contribution in [0.15, 0.2) is 59.7 Å². The molecule has 1 aliphatic rings. The molecule has 35 heavy (non-hydrogen) atoms. The van der Waals surface area contributed by atoms with Crippen molar-refractivity contribution in [3.05, 3.63) is 70.8 Å². The number of fused-ring (bicyclic) bond motifs is 1. The van der Waals surface area contributed by atoms with Crippen molar-refractivity contribution in [2.45, 2.75) is 20.4 Å². The van der Waals surface area contributed by atoms with E-state index in [1.54, 1.807) is 23.9 Å². The molecule has 0 unspecified atom stereocenters. The number of ether oxygens (including phenoxy) is 2. The normalized spacial score (nSPS) is 14.3. The fraction of sp³-hybridized carbons (Fsp3) is 0.370. The van der Waals surface area contributed by atoms with Crippen LogP contribution in [0.1, 0.15) is 24.2 Å². The molecular weight excluding hydrogens is 444 g/mol. The predicted molar refractivity (Wildman–Crippen MR) is 137 cm³/mol. The van der Waals surface area contributed by atoms with Gasteiger partial charge in [-0.2, -0.15) is 0 Å². The summed E-state index contributed by atoms with van der Waals surface area (Å²) in [7, 11) is 1.63. The minimum atomic E-state index is -0.453. The quantitative estimate of drug-likeness (QED) is 0.537. The van der Waals surface area contributed by atoms with Crippen LogP contribution in [0.4, 0.5) is 0 Å². The van der Waals surface area contributed by atoms with E-state index in [1.165, 1.54) is 0 Å². The minimum Gasteiger partial charge on any atom is -0.497 e. The molecule has 3 heterocycles. The van der Waals surface area contributed by atoms with Gasteiger partial charge in [-0.1, -0.05) is 32.6 Å². The molecule has 0 saturated carbocycles. The summed E-state index contributed by atoms with van der Waals surface area (Å²) in [6.45, 7) is 11.9. The van der Waals surface area contributed by atoms with E-state index in [9.17, 15) is 9.59 Å². The Morgan fingerprint density at radius 1 is 1.14 bits per heavy atom. The highest BCUT2D eigenvalue weighted by Gasteiger charge is 2.19. The monoisotopic (exact) mass is 476 g/mol. The first-order valence-electron chi connectivity index (χ1n) is 11.9. The first-order valence-corrected chi connectivity index (χ1v) is 11.9. The van der Waals surface area contributed by atoms with E-state index in [-0.39, 0.29) is 17.0 Å². The number of allylic oxidation sites excluding steroid dienone is 1. The lowest BCUT2D eigenvalue weighted by Crippen LogP contribution is -2.40. The number of hydrogen-bond donors (Lipinski definition) is 1. The molecule has 1 amide bonds. The molecule has 0 spiro atoms. The number of amides is 1. The molecule has 1 saturated heterocycles. The first-order chi connectivity index (χ1) is 16.9. The van der Waals surface area contributed by atoms with Crippen molar-refractivity contribution in [1.29, 1.82) is 0 Å². The number of pyridine rings is 2. The van der Waals surface area contributed by atoms with Crippen molar-refractivity contribution in [3.63, 3.8) is 0 Å². The molecule has 8 nitrogen and oxygen atoms in total. The molecule has 2 aromatic heterocycles. The Kier molecular flexibility index (Phi) is 7.63. The number of hydrogen-bond acceptors (Lipinski definition) is 6. The maximum absolute atomic E-state index is 13.4. The molecule has 3 aromatic rings. The molecule has 8 heteroatoms. The lowest BCUT2D eigenvalue weighted by atomic mass is 10.1. The van der Waals surface area contributed by atoms with Crippen LogP contribution in [0.2, 0.25) is 0 Å². The summed E-state index contributed by atoms with van der Waals surface area (Å²) in [5, 5.41) is 3.51. The number of morpholine rings is 1. The van der Waals surface area contributed by atoms with Crippen molar-refractivity contribution in [2.75, 3.05) is 40.0 Å². The van der Waals surface area contributed by atoms with Crippen molar-refractivity contribution in [2.24, 2.45) is 5.92 Å². The second-order valence-corrected chi connectivity index (χ2v) is 8.97. The van der Waals surface area contributed by atoms with Crippen LogP contribution in [-0.2, 0) is 11.3 Å². The number of nitrogens with one attached hydrogen (secondary N) is 1. The number of carbonyl (C=O) groups excluding carboxylic acids is 1. The summed E-state index contributed by atoms with van der Waals surface area (Å²) in [5.74, 6) is 0.376. The van der Waals surface area contributed by atoms with Crippen LogP contribution < -0.4 is 15.6 Å². The molecule has 0 aliphatic carbocycles. The van der Waals surface area contributed by atoms with Crippen LogP contribution in [0.5, 0.6) is 5.75 Å². The van der Waals surface area contributed by atoms with Gasteiger partial charge < -0.3 is 14.8 Å². The lowest BCUT2D eigenvalue weighted by molar-refractivity contribution is 0.0364. The van der Waals surface area contributed by atoms with E-state index in [0.29, 0.717) is 37.6 Å². The molecule has 1 aromatic carbocycles. The Morgan fingerprint density at radius 3 is 2.51 bits per heavy atom. The van der Waals surface area contributed by atoms with E-state index in [2.05, 4.69) is 21.8 Å². The number of nitrogens with zero attached hydrogens (tertiary/aromatic N) is 3. The van der Waals surface area contributed by atoms with Gasteiger partial charge in [-0.15, -0.1) is 0 Å². The third-order valence-corrected chi connectivity index (χ3v) is 6.31. The fourth-order valence-electron chi connectivity index (χ4n) is 4.00. The van der Waals surface area contributed by atoms with Gasteiger partial charge in [0.25, 0.3) is 11.5 Å². The highest BCUT2D eigenvalue weighted by molar-refractivity contribution is 5.98. The van der Waals surface area contributed by atoms with Crippen molar-refractivity contribution in [1.82, 2.24) is 19.8 Å². The van der Waals surface area contributed by atoms with E-state index < -0.39 is 5.91 Å². The Hall–Kier alpha value is -3.49. The van der Waals surface area contributed by atoms with Gasteiger partial charge in [0.1, 0.15) is 17.0 Å². The standard InChI is InChI=1S/C27H32N4O4/c1-18(2)19(3)29-26(32)24-16-21-15-22(20-5-7-23(34-4)8-6-20)17-28-25(21)31(27(24)33)10-9-30-11-13-35-14-12-30/h5-8,15-18H,3,9-14H2,1-2,4H3,(H,29,32). The van der Waals surface area contributed by atoms with Crippen LogP contribution >= 0.6 is 0 Å². The molecule has 1 aliphatic heterocycles. The Bertz CT molecular complexity index is 1270. The van der Waals surface area contributed by atoms with E-state index >= 15 is 0 Å². The fourth-order valence-corrected chi connectivity index (χ4v) is 4.00. The molecular formula is C27H32N4O4. The van der Waals surface area contributed by atoms with Crippen LogP contribution in [0.25, 0.3) is 22.2 Å². The number of rotatable bonds is 8. The van der Waals surface area contributed by atoms with Gasteiger partial charge in [-0.3, -0.25) is 19.1 Å². The third-order valence-electron chi connectivity index (χ3n) is 6.31. The zero-order chi connectivity index (χ0) is 24.9. The highest BCUT2D eigenvalue weighted by Crippen LogP contribution is 2.25. The summed E-state index contributed by atoms with van der Waals surface area (Å²) in [6, 6.07) is 11.3. The maximum atomic E-state index is 13.4. The van der Waals surface area contributed by atoms with Gasteiger partial charge in [-0.05, 0) is 35.7 Å². The lowest BCUT2D eigenvalue weighted by Gasteiger charge is -2.27. The SMILES string of the molecule is C=C(NC(=O)c1cc2cc(-c3ccc(OC)cc3)cnc2n(CCN2CCOCC2)c1=O)C(C)C. The van der Waals surface area contributed by atoms with Crippen molar-refractivity contribution < 1.29 is 14.3 Å². The van der Waals surface area contributed by atoms with Crippen molar-refractivity contribution in [3.8, 4) is 16.9 Å². The molecule has 1 N–H and O–H groups in total.